The lowest BCUT2D eigenvalue weighted by Gasteiger charge is -2.11. The lowest BCUT2D eigenvalue weighted by molar-refractivity contribution is 0.0696. The van der Waals surface area contributed by atoms with Crippen LogP contribution in [-0.2, 0) is 10.0 Å². The minimum atomic E-state index is -4.32. The number of nitrogens with zero attached hydrogens (tertiary/aromatic N) is 2. The summed E-state index contributed by atoms with van der Waals surface area (Å²) in [6.07, 6.45) is 0. The van der Waals surface area contributed by atoms with Crippen LogP contribution >= 0.6 is 0 Å². The molecule has 0 aliphatic rings. The Morgan fingerprint density at radius 3 is 2.54 bits per heavy atom. The van der Waals surface area contributed by atoms with Crippen molar-refractivity contribution in [2.75, 3.05) is 0 Å². The third kappa shape index (κ3) is 3.77. The molecule has 1 heterocycles. The topological polar surface area (TPSA) is 122 Å². The summed E-state index contributed by atoms with van der Waals surface area (Å²) in [5.74, 6) is -1.99. The number of benzene rings is 1. The summed E-state index contributed by atoms with van der Waals surface area (Å²) in [5, 5.41) is 12.6. The first-order valence-electron chi connectivity index (χ1n) is 7.00. The van der Waals surface area contributed by atoms with Gasteiger partial charge < -0.3 is 9.63 Å². The Balaban J connectivity index is 2.30. The summed E-state index contributed by atoms with van der Waals surface area (Å²) in [5.41, 5.74) is -0.343. The summed E-state index contributed by atoms with van der Waals surface area (Å²) < 4.78 is 45.6. The average molecular weight is 357 g/mol. The van der Waals surface area contributed by atoms with E-state index in [1.807, 2.05) is 13.8 Å². The molecule has 2 rings (SSSR count). The summed E-state index contributed by atoms with van der Waals surface area (Å²) in [7, 11) is -4.32. The lowest BCUT2D eigenvalue weighted by atomic mass is 10.2. The number of nitrogens with one attached hydrogen (secondary N) is 1. The number of carbonyl (C=O) groups is 1. The fourth-order valence-corrected chi connectivity index (χ4v) is 3.15. The van der Waals surface area contributed by atoms with Gasteiger partial charge in [0.05, 0.1) is 11.6 Å². The average Bonchev–Trinajstić information content (AvgIpc) is 2.96. The van der Waals surface area contributed by atoms with Crippen molar-refractivity contribution >= 4 is 16.0 Å². The van der Waals surface area contributed by atoms with E-state index in [-0.39, 0.29) is 17.4 Å². The number of halogens is 1. The van der Waals surface area contributed by atoms with Crippen molar-refractivity contribution < 1.29 is 27.2 Å². The molecule has 2 N–H and O–H groups in total. The molecule has 24 heavy (non-hydrogen) atoms. The van der Waals surface area contributed by atoms with Crippen LogP contribution in [0.4, 0.5) is 4.39 Å². The van der Waals surface area contributed by atoms with Gasteiger partial charge >= 0.3 is 5.97 Å². The van der Waals surface area contributed by atoms with Gasteiger partial charge in [-0.1, -0.05) is 19.0 Å². The molecule has 0 unspecified atom stereocenters. The van der Waals surface area contributed by atoms with Crippen LogP contribution < -0.4 is 4.72 Å². The first-order valence-corrected chi connectivity index (χ1v) is 8.49. The van der Waals surface area contributed by atoms with Gasteiger partial charge in [0.2, 0.25) is 15.9 Å². The van der Waals surface area contributed by atoms with Crippen LogP contribution in [-0.4, -0.2) is 29.6 Å². The Morgan fingerprint density at radius 1 is 1.33 bits per heavy atom. The second-order valence-corrected chi connectivity index (χ2v) is 7.12. The van der Waals surface area contributed by atoms with Crippen molar-refractivity contribution in [2.24, 2.45) is 0 Å². The largest absolute Gasteiger partial charge is 0.478 e. The summed E-state index contributed by atoms with van der Waals surface area (Å²) in [4.78, 5) is 14.2. The minimum Gasteiger partial charge on any atom is -0.478 e. The van der Waals surface area contributed by atoms with E-state index in [2.05, 4.69) is 14.9 Å². The van der Waals surface area contributed by atoms with Crippen LogP contribution in [0.25, 0.3) is 0 Å². The van der Waals surface area contributed by atoms with Crippen molar-refractivity contribution in [3.63, 3.8) is 0 Å². The Hall–Kier alpha value is -2.33. The van der Waals surface area contributed by atoms with Crippen LogP contribution in [0.1, 0.15) is 54.8 Å². The molecule has 2 aromatic rings. The highest BCUT2D eigenvalue weighted by atomic mass is 32.2. The van der Waals surface area contributed by atoms with Crippen LogP contribution in [0, 0.1) is 5.82 Å². The smallest absolute Gasteiger partial charge is 0.335 e. The van der Waals surface area contributed by atoms with Crippen molar-refractivity contribution in [2.45, 2.75) is 37.6 Å². The summed E-state index contributed by atoms with van der Waals surface area (Å²) >= 11 is 0. The zero-order valence-corrected chi connectivity index (χ0v) is 14.0. The van der Waals surface area contributed by atoms with Crippen molar-refractivity contribution in [1.82, 2.24) is 14.9 Å². The van der Waals surface area contributed by atoms with Crippen LogP contribution in [0.5, 0.6) is 0 Å². The molecule has 0 aliphatic heterocycles. The van der Waals surface area contributed by atoms with E-state index in [0.717, 1.165) is 18.2 Å². The number of hydrogen-bond acceptors (Lipinski definition) is 6. The molecule has 0 bridgehead atoms. The molecule has 0 radical (unpaired) electrons. The van der Waals surface area contributed by atoms with Crippen molar-refractivity contribution in [1.29, 1.82) is 0 Å². The first-order chi connectivity index (χ1) is 11.1. The fourth-order valence-electron chi connectivity index (χ4n) is 1.85. The van der Waals surface area contributed by atoms with E-state index in [1.165, 1.54) is 6.92 Å². The maximum atomic E-state index is 13.8. The Labute approximate surface area is 137 Å². The Bertz CT molecular complexity index is 863. The summed E-state index contributed by atoms with van der Waals surface area (Å²) in [6.45, 7) is 5.14. The molecule has 130 valence electrons. The SMILES string of the molecule is CC(C)c1noc([C@@H](C)NS(=O)(=O)c2cc(C(=O)O)ccc2F)n1. The van der Waals surface area contributed by atoms with Gasteiger partial charge in [0.15, 0.2) is 5.82 Å². The Morgan fingerprint density at radius 2 is 2.00 bits per heavy atom. The van der Waals surface area contributed by atoms with Crippen LogP contribution in [0.15, 0.2) is 27.6 Å². The zero-order valence-electron chi connectivity index (χ0n) is 13.1. The van der Waals surface area contributed by atoms with Gasteiger partial charge in [-0.3, -0.25) is 0 Å². The normalized spacial score (nSPS) is 13.2. The zero-order chi connectivity index (χ0) is 18.1. The standard InChI is InChI=1S/C14H16FN3O5S/c1-7(2)12-16-13(23-17-12)8(3)18-24(21,22)11-6-9(14(19)20)4-5-10(11)15/h4-8,18H,1-3H3,(H,19,20)/t8-/m1/s1. The number of hydrogen-bond donors (Lipinski definition) is 2. The number of carboxylic acid groups (broad SMARTS) is 1. The molecule has 0 fully saturated rings. The highest BCUT2D eigenvalue weighted by molar-refractivity contribution is 7.89. The highest BCUT2D eigenvalue weighted by Gasteiger charge is 2.26. The molecular formula is C14H16FN3O5S. The summed E-state index contributed by atoms with van der Waals surface area (Å²) in [6, 6.07) is 1.60. The maximum Gasteiger partial charge on any atom is 0.335 e. The molecule has 8 nitrogen and oxygen atoms in total. The van der Waals surface area contributed by atoms with E-state index in [9.17, 15) is 17.6 Å². The monoisotopic (exact) mass is 357 g/mol. The van der Waals surface area contributed by atoms with Gasteiger partial charge in [0, 0.05) is 5.92 Å². The number of aromatic nitrogens is 2. The van der Waals surface area contributed by atoms with Gasteiger partial charge in [-0.25, -0.2) is 17.6 Å². The molecule has 0 aliphatic carbocycles. The third-order valence-electron chi connectivity index (χ3n) is 3.14. The third-order valence-corrected chi connectivity index (χ3v) is 4.70. The number of sulfonamides is 1. The molecule has 1 aromatic carbocycles. The van der Waals surface area contributed by atoms with Crippen LogP contribution in [0.2, 0.25) is 0 Å². The van der Waals surface area contributed by atoms with Gasteiger partial charge in [-0.2, -0.15) is 9.71 Å². The van der Waals surface area contributed by atoms with E-state index in [4.69, 9.17) is 9.63 Å². The molecule has 10 heteroatoms. The van der Waals surface area contributed by atoms with Crippen molar-refractivity contribution in [3.05, 3.63) is 41.3 Å². The minimum absolute atomic E-state index is 0.00370. The van der Waals surface area contributed by atoms with Gasteiger partial charge in [0.1, 0.15) is 10.7 Å². The second kappa shape index (κ2) is 6.65. The molecule has 0 amide bonds. The number of carboxylic acids is 1. The molecule has 1 atom stereocenters. The van der Waals surface area contributed by atoms with E-state index in [0.29, 0.717) is 5.82 Å². The van der Waals surface area contributed by atoms with E-state index < -0.39 is 32.7 Å². The van der Waals surface area contributed by atoms with Gasteiger partial charge in [-0.15, -0.1) is 0 Å². The second-order valence-electron chi connectivity index (χ2n) is 5.44. The number of aromatic carboxylic acids is 1. The molecule has 1 aromatic heterocycles. The molecule has 0 saturated heterocycles. The van der Waals surface area contributed by atoms with Gasteiger partial charge in [0.25, 0.3) is 0 Å². The molecule has 0 spiro atoms. The highest BCUT2D eigenvalue weighted by Crippen LogP contribution is 2.21. The number of rotatable bonds is 6. The van der Waals surface area contributed by atoms with Gasteiger partial charge in [-0.05, 0) is 25.1 Å². The van der Waals surface area contributed by atoms with Crippen LogP contribution in [0.3, 0.4) is 0 Å². The predicted octanol–water partition coefficient (Wildman–Crippen LogP) is 2.07. The van der Waals surface area contributed by atoms with Crippen molar-refractivity contribution in [3.8, 4) is 0 Å². The fraction of sp³-hybridized carbons (Fsp3) is 0.357. The lowest BCUT2D eigenvalue weighted by Crippen LogP contribution is -2.28. The predicted molar refractivity (Wildman–Crippen MR) is 80.5 cm³/mol. The van der Waals surface area contributed by atoms with E-state index >= 15 is 0 Å². The quantitative estimate of drug-likeness (QED) is 0.811. The Kier molecular flexibility index (Phi) is 4.99. The maximum absolute atomic E-state index is 13.8. The molecule has 0 saturated carbocycles. The first kappa shape index (κ1) is 18.0. The molecular weight excluding hydrogens is 341 g/mol. The van der Waals surface area contributed by atoms with E-state index in [1.54, 1.807) is 0 Å².